The van der Waals surface area contributed by atoms with E-state index < -0.39 is 42.1 Å². The Balaban J connectivity index is 2.01. The van der Waals surface area contributed by atoms with Gasteiger partial charge in [-0.05, 0) is 30.2 Å². The van der Waals surface area contributed by atoms with Gasteiger partial charge in [-0.15, -0.1) is 0 Å². The first-order valence-electron chi connectivity index (χ1n) is 8.55. The van der Waals surface area contributed by atoms with Crippen LogP contribution in [0.3, 0.4) is 0 Å². The zero-order valence-corrected chi connectivity index (χ0v) is 15.1. The zero-order chi connectivity index (χ0) is 20.1. The number of carbonyl (C=O) groups excluding carboxylic acids is 3. The number of halogens is 1. The number of hydrogen-bond acceptors (Lipinski definition) is 4. The lowest BCUT2D eigenvalue weighted by Crippen LogP contribution is -2.52. The molecular weight excluding hydrogens is 357 g/mol. The Kier molecular flexibility index (Phi) is 6.49. The molecule has 146 valence electrons. The Morgan fingerprint density at radius 2 is 1.89 bits per heavy atom. The summed E-state index contributed by atoms with van der Waals surface area (Å²) < 4.78 is 13.0. The molecular formula is C18H22FN3O5. The second-order valence-corrected chi connectivity index (χ2v) is 6.72. The normalized spacial score (nSPS) is 17.7. The first-order valence-corrected chi connectivity index (χ1v) is 8.55. The predicted octanol–water partition coefficient (Wildman–Crippen LogP) is 0.520. The highest BCUT2D eigenvalue weighted by molar-refractivity contribution is 6.01. The van der Waals surface area contributed by atoms with Gasteiger partial charge >= 0.3 is 5.97 Å². The van der Waals surface area contributed by atoms with E-state index in [0.29, 0.717) is 5.69 Å². The molecule has 9 heteroatoms. The van der Waals surface area contributed by atoms with E-state index in [1.54, 1.807) is 13.8 Å². The van der Waals surface area contributed by atoms with E-state index in [0.717, 1.165) is 0 Å². The number of anilines is 1. The van der Waals surface area contributed by atoms with Crippen LogP contribution in [0, 0.1) is 17.7 Å². The van der Waals surface area contributed by atoms with Crippen LogP contribution in [0.25, 0.3) is 0 Å². The van der Waals surface area contributed by atoms with E-state index in [9.17, 15) is 23.6 Å². The van der Waals surface area contributed by atoms with Gasteiger partial charge in [0, 0.05) is 18.7 Å². The summed E-state index contributed by atoms with van der Waals surface area (Å²) in [6, 6.07) is 4.48. The molecule has 0 aliphatic carbocycles. The number of carbonyl (C=O) groups is 4. The lowest BCUT2D eigenvalue weighted by atomic mass is 10.0. The highest BCUT2D eigenvalue weighted by Crippen LogP contribution is 2.25. The molecule has 3 N–H and O–H groups in total. The number of nitrogens with zero attached hydrogens (tertiary/aromatic N) is 1. The Morgan fingerprint density at radius 3 is 2.44 bits per heavy atom. The molecule has 1 aliphatic rings. The second-order valence-electron chi connectivity index (χ2n) is 6.72. The minimum absolute atomic E-state index is 0.0230. The van der Waals surface area contributed by atoms with Gasteiger partial charge in [-0.25, -0.2) is 4.39 Å². The topological polar surface area (TPSA) is 116 Å². The molecule has 8 nitrogen and oxygen atoms in total. The van der Waals surface area contributed by atoms with Gasteiger partial charge in [0.05, 0.1) is 5.92 Å². The fourth-order valence-electron chi connectivity index (χ4n) is 2.83. The molecule has 0 spiro atoms. The second kappa shape index (κ2) is 8.61. The van der Waals surface area contributed by atoms with Gasteiger partial charge in [0.1, 0.15) is 18.4 Å². The van der Waals surface area contributed by atoms with Crippen molar-refractivity contribution < 1.29 is 28.7 Å². The Morgan fingerprint density at radius 1 is 1.26 bits per heavy atom. The molecule has 0 bridgehead atoms. The number of amides is 3. The molecule has 2 rings (SSSR count). The van der Waals surface area contributed by atoms with E-state index in [1.165, 1.54) is 29.2 Å². The van der Waals surface area contributed by atoms with Crippen LogP contribution in [-0.2, 0) is 19.2 Å². The van der Waals surface area contributed by atoms with Crippen molar-refractivity contribution in [1.82, 2.24) is 10.6 Å². The van der Waals surface area contributed by atoms with Crippen LogP contribution in [0.5, 0.6) is 0 Å². The summed E-state index contributed by atoms with van der Waals surface area (Å²) in [4.78, 5) is 48.9. The number of hydrogen-bond donors (Lipinski definition) is 3. The molecule has 1 unspecified atom stereocenters. The van der Waals surface area contributed by atoms with Gasteiger partial charge in [-0.2, -0.15) is 0 Å². The molecule has 2 atom stereocenters. The van der Waals surface area contributed by atoms with Crippen LogP contribution in [0.1, 0.15) is 20.3 Å². The third-order valence-corrected chi connectivity index (χ3v) is 4.29. The number of carboxylic acid groups (broad SMARTS) is 1. The summed E-state index contributed by atoms with van der Waals surface area (Å²) in [6.07, 6.45) is -0.0230. The van der Waals surface area contributed by atoms with E-state index in [4.69, 9.17) is 5.11 Å². The number of nitrogens with one attached hydrogen (secondary N) is 2. The maximum absolute atomic E-state index is 13.0. The maximum atomic E-state index is 13.0. The number of aliphatic carboxylic acids is 1. The smallest absolute Gasteiger partial charge is 0.322 e. The first-order chi connectivity index (χ1) is 12.7. The van der Waals surface area contributed by atoms with Crippen molar-refractivity contribution >= 4 is 29.4 Å². The van der Waals surface area contributed by atoms with Crippen molar-refractivity contribution in [3.8, 4) is 0 Å². The van der Waals surface area contributed by atoms with Crippen LogP contribution in [0.15, 0.2) is 24.3 Å². The lowest BCUT2D eigenvalue weighted by molar-refractivity contribution is -0.138. The first kappa shape index (κ1) is 20.3. The van der Waals surface area contributed by atoms with Crippen molar-refractivity contribution in [2.24, 2.45) is 11.8 Å². The summed E-state index contributed by atoms with van der Waals surface area (Å²) in [5.74, 6) is -3.86. The SMILES string of the molecule is CC(C)[C@H](NC(=O)C1CC(=O)N(c2ccc(F)cc2)C1)C(=O)NCC(=O)O. The molecule has 1 saturated heterocycles. The summed E-state index contributed by atoms with van der Waals surface area (Å²) in [5, 5.41) is 13.5. The largest absolute Gasteiger partial charge is 0.480 e. The van der Waals surface area contributed by atoms with Gasteiger partial charge in [-0.3, -0.25) is 19.2 Å². The molecule has 1 fully saturated rings. The van der Waals surface area contributed by atoms with Crippen LogP contribution < -0.4 is 15.5 Å². The van der Waals surface area contributed by atoms with Gasteiger partial charge in [-0.1, -0.05) is 13.8 Å². The molecule has 1 aliphatic heterocycles. The third-order valence-electron chi connectivity index (χ3n) is 4.29. The fraction of sp³-hybridized carbons (Fsp3) is 0.444. The van der Waals surface area contributed by atoms with E-state index in [-0.39, 0.29) is 24.8 Å². The van der Waals surface area contributed by atoms with Crippen molar-refractivity contribution in [1.29, 1.82) is 0 Å². The molecule has 0 saturated carbocycles. The van der Waals surface area contributed by atoms with Crippen LogP contribution in [0.4, 0.5) is 10.1 Å². The molecule has 27 heavy (non-hydrogen) atoms. The van der Waals surface area contributed by atoms with E-state index in [2.05, 4.69) is 10.6 Å². The van der Waals surface area contributed by atoms with Crippen LogP contribution >= 0.6 is 0 Å². The number of carboxylic acids is 1. The van der Waals surface area contributed by atoms with Crippen molar-refractivity contribution in [2.75, 3.05) is 18.0 Å². The van der Waals surface area contributed by atoms with Gasteiger partial charge < -0.3 is 20.6 Å². The monoisotopic (exact) mass is 379 g/mol. The van der Waals surface area contributed by atoms with E-state index in [1.807, 2.05) is 0 Å². The molecule has 1 heterocycles. The highest BCUT2D eigenvalue weighted by Gasteiger charge is 2.37. The Hall–Kier alpha value is -2.97. The molecule has 1 aromatic rings. The molecule has 0 aromatic heterocycles. The highest BCUT2D eigenvalue weighted by atomic mass is 19.1. The van der Waals surface area contributed by atoms with E-state index >= 15 is 0 Å². The van der Waals surface area contributed by atoms with Crippen molar-refractivity contribution in [3.63, 3.8) is 0 Å². The number of benzene rings is 1. The minimum atomic E-state index is -1.19. The molecule has 1 aromatic carbocycles. The van der Waals surface area contributed by atoms with Crippen molar-refractivity contribution in [3.05, 3.63) is 30.1 Å². The maximum Gasteiger partial charge on any atom is 0.322 e. The molecule has 0 radical (unpaired) electrons. The van der Waals surface area contributed by atoms with Gasteiger partial charge in [0.2, 0.25) is 17.7 Å². The average Bonchev–Trinajstić information content (AvgIpc) is 2.99. The lowest BCUT2D eigenvalue weighted by Gasteiger charge is -2.23. The van der Waals surface area contributed by atoms with Gasteiger partial charge in [0.15, 0.2) is 0 Å². The Labute approximate surface area is 155 Å². The summed E-state index contributed by atoms with van der Waals surface area (Å²) in [7, 11) is 0. The summed E-state index contributed by atoms with van der Waals surface area (Å²) in [5.41, 5.74) is 0.497. The van der Waals surface area contributed by atoms with Crippen molar-refractivity contribution in [2.45, 2.75) is 26.3 Å². The predicted molar refractivity (Wildman–Crippen MR) is 94.3 cm³/mol. The zero-order valence-electron chi connectivity index (χ0n) is 15.1. The summed E-state index contributed by atoms with van der Waals surface area (Å²) >= 11 is 0. The number of rotatable bonds is 7. The Bertz CT molecular complexity index is 735. The van der Waals surface area contributed by atoms with Crippen LogP contribution in [0.2, 0.25) is 0 Å². The minimum Gasteiger partial charge on any atom is -0.480 e. The summed E-state index contributed by atoms with van der Waals surface area (Å²) in [6.45, 7) is 3.02. The van der Waals surface area contributed by atoms with Gasteiger partial charge in [0.25, 0.3) is 0 Å². The fourth-order valence-corrected chi connectivity index (χ4v) is 2.83. The molecule has 3 amide bonds. The average molecular weight is 379 g/mol. The third kappa shape index (κ3) is 5.25. The van der Waals surface area contributed by atoms with Crippen LogP contribution in [-0.4, -0.2) is 47.9 Å². The standard InChI is InChI=1S/C18H22FN3O5/c1-10(2)16(18(27)20-8-15(24)25)21-17(26)11-7-14(23)22(9-11)13-5-3-12(19)4-6-13/h3-6,10-11,16H,7-9H2,1-2H3,(H,20,27)(H,21,26)(H,24,25)/t11?,16-/m0/s1. The quantitative estimate of drug-likeness (QED) is 0.639.